The molecule has 4 heterocycles. The van der Waals surface area contributed by atoms with Gasteiger partial charge in [-0.1, -0.05) is 6.07 Å². The van der Waals surface area contributed by atoms with Gasteiger partial charge in [-0.05, 0) is 50.3 Å². The standard InChI is InChI=1S/C28H32F2N8O4S/c1-36-12-11-18(35-36)17-9-10-19(21(14-17)37(2)43(3,40)41)31-20-15-22(33-28(39)16-7-8-16)32-26-24(20)34-27(25(29)30)38(26)23-6-4-5-13-42-23/h9-12,14-16,23,25H,4-8,13H2,1-3H3,(H2,31,32,33,39). The summed E-state index contributed by atoms with van der Waals surface area (Å²) >= 11 is 0. The molecule has 1 aliphatic carbocycles. The number of pyridine rings is 1. The molecule has 1 atom stereocenters. The number of nitrogens with zero attached hydrogens (tertiary/aromatic N) is 6. The van der Waals surface area contributed by atoms with Gasteiger partial charge in [-0.3, -0.25) is 18.3 Å². The number of nitrogens with one attached hydrogen (secondary N) is 2. The smallest absolute Gasteiger partial charge is 0.295 e. The Kier molecular flexibility index (Phi) is 7.54. The van der Waals surface area contributed by atoms with Crippen LogP contribution in [0.5, 0.6) is 0 Å². The number of anilines is 4. The number of benzene rings is 1. The number of amides is 1. The summed E-state index contributed by atoms with van der Waals surface area (Å²) in [5.74, 6) is -0.662. The summed E-state index contributed by atoms with van der Waals surface area (Å²) in [4.78, 5) is 21.5. The third-order valence-electron chi connectivity index (χ3n) is 7.63. The first kappa shape index (κ1) is 29.0. The number of rotatable bonds is 9. The average Bonchev–Trinajstić information content (AvgIpc) is 3.62. The highest BCUT2D eigenvalue weighted by molar-refractivity contribution is 7.92. The SMILES string of the molecule is CN(c1cc(-c2ccn(C)n2)ccc1Nc1cc(NC(=O)C2CC2)nc2c1nc(C(F)F)n2C1CCCCO1)S(C)(=O)=O. The van der Waals surface area contributed by atoms with Crippen molar-refractivity contribution in [2.24, 2.45) is 13.0 Å². The summed E-state index contributed by atoms with van der Waals surface area (Å²) in [6, 6.07) is 8.47. The fraction of sp³-hybridized carbons (Fsp3) is 0.429. The van der Waals surface area contributed by atoms with E-state index in [0.717, 1.165) is 36.2 Å². The van der Waals surface area contributed by atoms with Crippen molar-refractivity contribution >= 4 is 50.0 Å². The lowest BCUT2D eigenvalue weighted by Gasteiger charge is -2.25. The zero-order chi connectivity index (χ0) is 30.5. The second kappa shape index (κ2) is 11.2. The van der Waals surface area contributed by atoms with E-state index in [1.165, 1.54) is 17.7 Å². The molecule has 15 heteroatoms. The molecule has 1 amide bonds. The minimum absolute atomic E-state index is 0.119. The molecule has 3 aromatic heterocycles. The van der Waals surface area contributed by atoms with Gasteiger partial charge in [0.05, 0.1) is 29.0 Å². The predicted molar refractivity (Wildman–Crippen MR) is 158 cm³/mol. The van der Waals surface area contributed by atoms with E-state index in [1.54, 1.807) is 42.2 Å². The van der Waals surface area contributed by atoms with Crippen LogP contribution in [-0.4, -0.2) is 58.6 Å². The zero-order valence-corrected chi connectivity index (χ0v) is 24.7. The van der Waals surface area contributed by atoms with E-state index >= 15 is 0 Å². The first-order chi connectivity index (χ1) is 20.5. The van der Waals surface area contributed by atoms with Gasteiger partial charge in [0.15, 0.2) is 11.5 Å². The van der Waals surface area contributed by atoms with E-state index in [2.05, 4.69) is 25.7 Å². The fourth-order valence-corrected chi connectivity index (χ4v) is 5.64. The molecule has 6 rings (SSSR count). The van der Waals surface area contributed by atoms with Crippen molar-refractivity contribution in [3.8, 4) is 11.3 Å². The van der Waals surface area contributed by atoms with Crippen molar-refractivity contribution in [2.45, 2.75) is 44.8 Å². The highest BCUT2D eigenvalue weighted by atomic mass is 32.2. The maximum atomic E-state index is 14.4. The van der Waals surface area contributed by atoms with Gasteiger partial charge in [0, 0.05) is 44.4 Å². The minimum Gasteiger partial charge on any atom is -0.358 e. The zero-order valence-electron chi connectivity index (χ0n) is 23.9. The Morgan fingerprint density at radius 1 is 1.12 bits per heavy atom. The second-order valence-electron chi connectivity index (χ2n) is 10.9. The number of imidazole rings is 1. The van der Waals surface area contributed by atoms with Gasteiger partial charge < -0.3 is 15.4 Å². The summed E-state index contributed by atoms with van der Waals surface area (Å²) in [5.41, 5.74) is 2.50. The van der Waals surface area contributed by atoms with Crippen molar-refractivity contribution in [1.82, 2.24) is 24.3 Å². The lowest BCUT2D eigenvalue weighted by Crippen LogP contribution is -2.25. The Morgan fingerprint density at radius 2 is 1.91 bits per heavy atom. The van der Waals surface area contributed by atoms with Crippen molar-refractivity contribution in [3.05, 3.63) is 42.4 Å². The first-order valence-corrected chi connectivity index (χ1v) is 15.8. The van der Waals surface area contributed by atoms with Crippen LogP contribution in [0.15, 0.2) is 36.5 Å². The number of alkyl halides is 2. The minimum atomic E-state index is -3.70. The second-order valence-corrected chi connectivity index (χ2v) is 12.9. The largest absolute Gasteiger partial charge is 0.358 e. The highest BCUT2D eigenvalue weighted by Gasteiger charge is 2.32. The quantitative estimate of drug-likeness (QED) is 0.270. The van der Waals surface area contributed by atoms with Crippen LogP contribution in [0.1, 0.15) is 50.6 Å². The van der Waals surface area contributed by atoms with Gasteiger partial charge in [-0.15, -0.1) is 0 Å². The number of sulfonamides is 1. The number of hydrogen-bond acceptors (Lipinski definition) is 8. The summed E-state index contributed by atoms with van der Waals surface area (Å²) in [7, 11) is -0.497. The summed E-state index contributed by atoms with van der Waals surface area (Å²) in [5, 5.41) is 10.4. The lowest BCUT2D eigenvalue weighted by molar-refractivity contribution is -0.117. The molecule has 1 saturated heterocycles. The third-order valence-corrected chi connectivity index (χ3v) is 8.82. The highest BCUT2D eigenvalue weighted by Crippen LogP contribution is 2.39. The number of fused-ring (bicyclic) bond motifs is 1. The molecule has 2 N–H and O–H groups in total. The van der Waals surface area contributed by atoms with Crippen LogP contribution < -0.4 is 14.9 Å². The Balaban J connectivity index is 1.50. The van der Waals surface area contributed by atoms with Crippen LogP contribution in [-0.2, 0) is 26.6 Å². The topological polar surface area (TPSA) is 136 Å². The number of ether oxygens (including phenoxy) is 1. The molecule has 0 spiro atoms. The van der Waals surface area contributed by atoms with E-state index in [0.29, 0.717) is 35.7 Å². The number of aryl methyl sites for hydroxylation is 1. The fourth-order valence-electron chi connectivity index (χ4n) is 5.13. The van der Waals surface area contributed by atoms with Crippen LogP contribution in [0.2, 0.25) is 0 Å². The first-order valence-electron chi connectivity index (χ1n) is 14.0. The predicted octanol–water partition coefficient (Wildman–Crippen LogP) is 4.96. The van der Waals surface area contributed by atoms with Gasteiger partial charge in [0.25, 0.3) is 6.43 Å². The lowest BCUT2D eigenvalue weighted by atomic mass is 10.1. The number of carbonyl (C=O) groups is 1. The molecule has 0 bridgehead atoms. The van der Waals surface area contributed by atoms with Crippen molar-refractivity contribution in [1.29, 1.82) is 0 Å². The van der Waals surface area contributed by atoms with E-state index < -0.39 is 28.5 Å². The molecule has 12 nitrogen and oxygen atoms in total. The van der Waals surface area contributed by atoms with Gasteiger partial charge in [0.1, 0.15) is 17.6 Å². The molecule has 1 unspecified atom stereocenters. The van der Waals surface area contributed by atoms with Crippen molar-refractivity contribution < 1.29 is 26.7 Å². The molecular formula is C28H32F2N8O4S. The van der Waals surface area contributed by atoms with Gasteiger partial charge in [0.2, 0.25) is 15.9 Å². The maximum absolute atomic E-state index is 14.4. The normalized spacial score (nSPS) is 17.4. The maximum Gasteiger partial charge on any atom is 0.295 e. The van der Waals surface area contributed by atoms with E-state index in [1.807, 2.05) is 0 Å². The van der Waals surface area contributed by atoms with Crippen LogP contribution in [0.3, 0.4) is 0 Å². The van der Waals surface area contributed by atoms with E-state index in [9.17, 15) is 22.0 Å². The van der Waals surface area contributed by atoms with E-state index in [4.69, 9.17) is 4.74 Å². The number of carbonyl (C=O) groups excluding carboxylic acids is 1. The van der Waals surface area contributed by atoms with Crippen LogP contribution in [0, 0.1) is 5.92 Å². The number of aromatic nitrogens is 5. The summed E-state index contributed by atoms with van der Waals surface area (Å²) in [6.07, 6.45) is 2.91. The monoisotopic (exact) mass is 614 g/mol. The Bertz CT molecular complexity index is 1800. The summed E-state index contributed by atoms with van der Waals surface area (Å²) in [6.45, 7) is 0.417. The summed E-state index contributed by atoms with van der Waals surface area (Å²) < 4.78 is 64.0. The van der Waals surface area contributed by atoms with Crippen molar-refractivity contribution in [2.75, 3.05) is 34.8 Å². The van der Waals surface area contributed by atoms with Crippen LogP contribution in [0.25, 0.3) is 22.4 Å². The van der Waals surface area contributed by atoms with Gasteiger partial charge >= 0.3 is 0 Å². The molecule has 4 aromatic rings. The average molecular weight is 615 g/mol. The van der Waals surface area contributed by atoms with Gasteiger partial charge in [-0.25, -0.2) is 27.2 Å². The Morgan fingerprint density at radius 3 is 2.53 bits per heavy atom. The molecule has 2 aliphatic rings. The Labute approximate surface area is 247 Å². The van der Waals surface area contributed by atoms with Crippen molar-refractivity contribution in [3.63, 3.8) is 0 Å². The molecule has 0 radical (unpaired) electrons. The van der Waals surface area contributed by atoms with Crippen LogP contribution >= 0.6 is 0 Å². The molecule has 43 heavy (non-hydrogen) atoms. The molecule has 1 saturated carbocycles. The molecule has 1 aliphatic heterocycles. The molecule has 1 aromatic carbocycles. The van der Waals surface area contributed by atoms with E-state index in [-0.39, 0.29) is 34.5 Å². The number of hydrogen-bond donors (Lipinski definition) is 2. The molecule has 2 fully saturated rings. The molecular weight excluding hydrogens is 582 g/mol. The number of halogens is 2. The molecule has 228 valence electrons. The Hall–Kier alpha value is -4.11. The van der Waals surface area contributed by atoms with Gasteiger partial charge in [-0.2, -0.15) is 5.10 Å². The third kappa shape index (κ3) is 5.91. The van der Waals surface area contributed by atoms with Crippen LogP contribution in [0.4, 0.5) is 31.7 Å².